The number of benzene rings is 1. The van der Waals surface area contributed by atoms with Crippen molar-refractivity contribution in [2.45, 2.75) is 0 Å². The molecule has 18 heavy (non-hydrogen) atoms. The molecule has 1 aliphatic heterocycles. The maximum absolute atomic E-state index is 5.71. The molecule has 3 N–H and O–H groups in total. The third-order valence-electron chi connectivity index (χ3n) is 3.29. The summed E-state index contributed by atoms with van der Waals surface area (Å²) in [5, 5.41) is 0. The third-order valence-corrected chi connectivity index (χ3v) is 3.29. The van der Waals surface area contributed by atoms with E-state index < -0.39 is 0 Å². The highest BCUT2D eigenvalue weighted by Crippen LogP contribution is 2.14. The van der Waals surface area contributed by atoms with Crippen LogP contribution < -0.4 is 16.0 Å². The number of rotatable bonds is 5. The molecule has 1 aromatic carbocycles. The molecular weight excluding hydrogens is 228 g/mol. The van der Waals surface area contributed by atoms with Crippen molar-refractivity contribution in [2.24, 2.45) is 5.84 Å². The lowest BCUT2D eigenvalue weighted by molar-refractivity contribution is 0.134. The molecule has 1 fully saturated rings. The first-order valence-electron chi connectivity index (χ1n) is 6.38. The van der Waals surface area contributed by atoms with E-state index in [9.17, 15) is 0 Å². The zero-order valence-electron chi connectivity index (χ0n) is 10.9. The quantitative estimate of drug-likeness (QED) is 0.592. The van der Waals surface area contributed by atoms with E-state index in [0.29, 0.717) is 0 Å². The molecule has 100 valence electrons. The topological polar surface area (TPSA) is 53.8 Å². The summed E-state index contributed by atoms with van der Waals surface area (Å²) < 4.78 is 5.71. The number of nitrogens with zero attached hydrogens (tertiary/aromatic N) is 2. The SMILES string of the molecule is CN1CCN(CCOc2ccc(NN)cc2)CC1. The molecule has 0 aromatic heterocycles. The Hall–Kier alpha value is -1.30. The van der Waals surface area contributed by atoms with Crippen LogP contribution in [0.2, 0.25) is 0 Å². The van der Waals surface area contributed by atoms with Crippen LogP contribution in [0.3, 0.4) is 0 Å². The van der Waals surface area contributed by atoms with Crippen molar-refractivity contribution in [2.75, 3.05) is 51.8 Å². The summed E-state index contributed by atoms with van der Waals surface area (Å²) in [5.41, 5.74) is 3.49. The minimum Gasteiger partial charge on any atom is -0.492 e. The summed E-state index contributed by atoms with van der Waals surface area (Å²) in [7, 11) is 2.17. The second-order valence-electron chi connectivity index (χ2n) is 4.66. The Kier molecular flexibility index (Phi) is 4.81. The van der Waals surface area contributed by atoms with Gasteiger partial charge in [0, 0.05) is 38.4 Å². The number of piperazine rings is 1. The standard InChI is InChI=1S/C13H22N4O/c1-16-6-8-17(9-7-16)10-11-18-13-4-2-12(15-14)3-5-13/h2-5,15H,6-11,14H2,1H3. The van der Waals surface area contributed by atoms with Crippen molar-refractivity contribution in [1.82, 2.24) is 9.80 Å². The van der Waals surface area contributed by atoms with Crippen molar-refractivity contribution < 1.29 is 4.74 Å². The van der Waals surface area contributed by atoms with Gasteiger partial charge in [-0.1, -0.05) is 0 Å². The molecule has 1 saturated heterocycles. The first kappa shape index (κ1) is 13.1. The Morgan fingerprint density at radius 3 is 2.44 bits per heavy atom. The van der Waals surface area contributed by atoms with E-state index in [1.54, 1.807) is 0 Å². The number of nitrogen functional groups attached to an aromatic ring is 1. The number of ether oxygens (including phenoxy) is 1. The van der Waals surface area contributed by atoms with Crippen LogP contribution in [0.5, 0.6) is 5.75 Å². The number of likely N-dealkylation sites (N-methyl/N-ethyl adjacent to an activating group) is 1. The van der Waals surface area contributed by atoms with Crippen molar-refractivity contribution >= 4 is 5.69 Å². The van der Waals surface area contributed by atoms with E-state index in [2.05, 4.69) is 22.3 Å². The zero-order chi connectivity index (χ0) is 12.8. The van der Waals surface area contributed by atoms with Gasteiger partial charge >= 0.3 is 0 Å². The van der Waals surface area contributed by atoms with Crippen molar-refractivity contribution in [3.05, 3.63) is 24.3 Å². The van der Waals surface area contributed by atoms with Crippen LogP contribution in [-0.4, -0.2) is 56.2 Å². The van der Waals surface area contributed by atoms with Crippen LogP contribution in [0.15, 0.2) is 24.3 Å². The monoisotopic (exact) mass is 250 g/mol. The molecule has 0 saturated carbocycles. The third kappa shape index (κ3) is 3.87. The van der Waals surface area contributed by atoms with Gasteiger partial charge in [-0.25, -0.2) is 0 Å². The Morgan fingerprint density at radius 2 is 1.83 bits per heavy atom. The maximum atomic E-state index is 5.71. The lowest BCUT2D eigenvalue weighted by Crippen LogP contribution is -2.45. The molecular formula is C13H22N4O. The number of hydrazine groups is 1. The summed E-state index contributed by atoms with van der Waals surface area (Å²) in [5.74, 6) is 6.20. The predicted octanol–water partition coefficient (Wildman–Crippen LogP) is 0.598. The van der Waals surface area contributed by atoms with Crippen LogP contribution >= 0.6 is 0 Å². The van der Waals surface area contributed by atoms with Gasteiger partial charge in [-0.05, 0) is 31.3 Å². The van der Waals surface area contributed by atoms with Crippen LogP contribution in [0, 0.1) is 0 Å². The Balaban J connectivity index is 1.68. The number of hydrogen-bond donors (Lipinski definition) is 2. The molecule has 5 heteroatoms. The molecule has 0 bridgehead atoms. The fourth-order valence-electron chi connectivity index (χ4n) is 2.01. The Bertz CT molecular complexity index is 347. The highest BCUT2D eigenvalue weighted by molar-refractivity contribution is 5.45. The van der Waals surface area contributed by atoms with Crippen LogP contribution in [-0.2, 0) is 0 Å². The smallest absolute Gasteiger partial charge is 0.119 e. The molecule has 5 nitrogen and oxygen atoms in total. The number of hydrogen-bond acceptors (Lipinski definition) is 5. The Morgan fingerprint density at radius 1 is 1.17 bits per heavy atom. The lowest BCUT2D eigenvalue weighted by atomic mass is 10.3. The van der Waals surface area contributed by atoms with Gasteiger partial charge in [-0.15, -0.1) is 0 Å². The van der Waals surface area contributed by atoms with Crippen LogP contribution in [0.1, 0.15) is 0 Å². The van der Waals surface area contributed by atoms with Gasteiger partial charge in [-0.3, -0.25) is 10.7 Å². The molecule has 0 radical (unpaired) electrons. The molecule has 1 aromatic rings. The molecule has 0 atom stereocenters. The van der Waals surface area contributed by atoms with Gasteiger partial charge in [0.05, 0.1) is 0 Å². The average molecular weight is 250 g/mol. The molecule has 2 rings (SSSR count). The number of nitrogens with two attached hydrogens (primary N) is 1. The predicted molar refractivity (Wildman–Crippen MR) is 73.7 cm³/mol. The summed E-state index contributed by atoms with van der Waals surface area (Å²) in [6.07, 6.45) is 0. The average Bonchev–Trinajstić information content (AvgIpc) is 2.42. The van der Waals surface area contributed by atoms with E-state index in [0.717, 1.165) is 50.8 Å². The largest absolute Gasteiger partial charge is 0.492 e. The highest BCUT2D eigenvalue weighted by Gasteiger charge is 2.12. The molecule has 0 unspecified atom stereocenters. The van der Waals surface area contributed by atoms with E-state index in [1.807, 2.05) is 24.3 Å². The first-order valence-corrected chi connectivity index (χ1v) is 6.38. The van der Waals surface area contributed by atoms with Gasteiger partial charge in [0.15, 0.2) is 0 Å². The van der Waals surface area contributed by atoms with E-state index in [-0.39, 0.29) is 0 Å². The minimum absolute atomic E-state index is 0.735. The second-order valence-corrected chi connectivity index (χ2v) is 4.66. The summed E-state index contributed by atoms with van der Waals surface area (Å²) in [6.45, 7) is 6.30. The second kappa shape index (κ2) is 6.58. The van der Waals surface area contributed by atoms with Gasteiger partial charge in [0.25, 0.3) is 0 Å². The number of nitrogens with one attached hydrogen (secondary N) is 1. The summed E-state index contributed by atoms with van der Waals surface area (Å²) in [4.78, 5) is 4.80. The fraction of sp³-hybridized carbons (Fsp3) is 0.538. The maximum Gasteiger partial charge on any atom is 0.119 e. The van der Waals surface area contributed by atoms with Crippen LogP contribution in [0.25, 0.3) is 0 Å². The Labute approximate surface area is 108 Å². The van der Waals surface area contributed by atoms with Crippen LogP contribution in [0.4, 0.5) is 5.69 Å². The van der Waals surface area contributed by atoms with E-state index >= 15 is 0 Å². The lowest BCUT2D eigenvalue weighted by Gasteiger charge is -2.32. The zero-order valence-corrected chi connectivity index (χ0v) is 10.9. The van der Waals surface area contributed by atoms with Crippen molar-refractivity contribution in [1.29, 1.82) is 0 Å². The minimum atomic E-state index is 0.735. The van der Waals surface area contributed by atoms with E-state index in [1.165, 1.54) is 0 Å². The molecule has 1 heterocycles. The fourth-order valence-corrected chi connectivity index (χ4v) is 2.01. The summed E-state index contributed by atoms with van der Waals surface area (Å²) in [6, 6.07) is 7.68. The van der Waals surface area contributed by atoms with Crippen molar-refractivity contribution in [3.8, 4) is 5.75 Å². The number of anilines is 1. The van der Waals surface area contributed by atoms with Gasteiger partial charge in [0.2, 0.25) is 0 Å². The molecule has 0 aliphatic carbocycles. The molecule has 1 aliphatic rings. The highest BCUT2D eigenvalue weighted by atomic mass is 16.5. The van der Waals surface area contributed by atoms with Gasteiger partial charge in [0.1, 0.15) is 12.4 Å². The molecule has 0 spiro atoms. The summed E-state index contributed by atoms with van der Waals surface area (Å²) >= 11 is 0. The first-order chi connectivity index (χ1) is 8.78. The van der Waals surface area contributed by atoms with E-state index in [4.69, 9.17) is 10.6 Å². The van der Waals surface area contributed by atoms with Crippen molar-refractivity contribution in [3.63, 3.8) is 0 Å². The van der Waals surface area contributed by atoms with Gasteiger partial charge in [-0.2, -0.15) is 0 Å². The normalized spacial score (nSPS) is 17.7. The molecule has 0 amide bonds. The van der Waals surface area contributed by atoms with Gasteiger partial charge < -0.3 is 15.1 Å².